The van der Waals surface area contributed by atoms with Crippen LogP contribution in [-0.2, 0) is 0 Å². The third-order valence-corrected chi connectivity index (χ3v) is 0. The molecule has 0 atom stereocenters. The molecule has 0 spiro atoms. The van der Waals surface area contributed by atoms with Gasteiger partial charge in [-0.3, -0.25) is 10.4 Å². The van der Waals surface area contributed by atoms with Crippen molar-refractivity contribution < 1.29 is 10.4 Å². The van der Waals surface area contributed by atoms with Gasteiger partial charge in [0.05, 0.1) is 0 Å². The molecule has 0 amide bonds. The Morgan fingerprint density at radius 1 is 1.25 bits per heavy atom. The second-order valence-electron chi connectivity index (χ2n) is 0.100. The summed E-state index contributed by atoms with van der Waals surface area (Å²) in [6, 6.07) is 0. The van der Waals surface area contributed by atoms with Gasteiger partial charge < -0.3 is 0 Å². The topological polar surface area (TPSA) is 52.5 Å². The first-order valence-corrected chi connectivity index (χ1v) is 0.447. The van der Waals surface area contributed by atoms with Crippen LogP contribution >= 0.6 is 17.0 Å². The van der Waals surface area contributed by atoms with E-state index in [1.54, 1.807) is 0 Å². The molecule has 0 aromatic heterocycles. The predicted molar refractivity (Wildman–Crippen MR) is 17.0 cm³/mol. The highest BCUT2D eigenvalue weighted by Gasteiger charge is 1.23. The Morgan fingerprint density at radius 2 is 1.25 bits per heavy atom. The van der Waals surface area contributed by atoms with Gasteiger partial charge in [0, 0.05) is 0 Å². The van der Waals surface area contributed by atoms with Gasteiger partial charge in [-0.05, 0) is 0 Å². The lowest BCUT2D eigenvalue weighted by molar-refractivity contribution is -0.0678. The van der Waals surface area contributed by atoms with Gasteiger partial charge in [-0.15, -0.1) is 17.0 Å². The average Bonchev–Trinajstić information content (AvgIpc) is 0.918. The van der Waals surface area contributed by atoms with Crippen molar-refractivity contribution in [2.75, 3.05) is 0 Å². The first-order chi connectivity index (χ1) is 1.41. The quantitative estimate of drug-likeness (QED) is 0.402. The summed E-state index contributed by atoms with van der Waals surface area (Å²) < 4.78 is 0. The number of hydrogen-bond acceptors (Lipinski definition) is 3. The summed E-state index contributed by atoms with van der Waals surface area (Å²) in [6.07, 6.45) is 0. The number of halogens is 1. The third-order valence-electron chi connectivity index (χ3n) is 0. The molecule has 0 radical (unpaired) electrons. The van der Waals surface area contributed by atoms with Crippen molar-refractivity contribution in [3.63, 3.8) is 0 Å². The van der Waals surface area contributed by atoms with E-state index in [0.717, 1.165) is 5.64 Å². The molecule has 3 nitrogen and oxygen atoms in total. The standard InChI is InChI=1S/BrH.H3NO2/c;2-1-3/h1H;1-3H. The summed E-state index contributed by atoms with van der Waals surface area (Å²) in [5.41, 5.74) is 0.750. The maximum absolute atomic E-state index is 6.88. The zero-order chi connectivity index (χ0) is 2.71. The van der Waals surface area contributed by atoms with Crippen molar-refractivity contribution in [1.29, 1.82) is 0 Å². The predicted octanol–water partition coefficient (Wildman–Crippen LogP) is -0.0677. The van der Waals surface area contributed by atoms with Crippen molar-refractivity contribution in [3.05, 3.63) is 0 Å². The summed E-state index contributed by atoms with van der Waals surface area (Å²) in [7, 11) is 0. The van der Waals surface area contributed by atoms with Crippen molar-refractivity contribution in [1.82, 2.24) is 5.64 Å². The van der Waals surface area contributed by atoms with Crippen molar-refractivity contribution in [3.8, 4) is 0 Å². The monoisotopic (exact) mass is 129 g/mol. The fourth-order valence-corrected chi connectivity index (χ4v) is 0. The molecule has 0 heterocycles. The first-order valence-electron chi connectivity index (χ1n) is 0.447. The van der Waals surface area contributed by atoms with E-state index in [2.05, 4.69) is 0 Å². The van der Waals surface area contributed by atoms with E-state index in [9.17, 15) is 0 Å². The minimum Gasteiger partial charge on any atom is -0.292 e. The van der Waals surface area contributed by atoms with E-state index in [4.69, 9.17) is 10.4 Å². The molecule has 0 unspecified atom stereocenters. The normalized spacial score (nSPS) is 4.50. The Bertz CT molecular complexity index is 6.00. The highest BCUT2D eigenvalue weighted by molar-refractivity contribution is 8.93. The van der Waals surface area contributed by atoms with E-state index in [1.165, 1.54) is 0 Å². The van der Waals surface area contributed by atoms with Crippen LogP contribution in [0.2, 0.25) is 0 Å². The molecule has 0 aliphatic carbocycles. The fourth-order valence-electron chi connectivity index (χ4n) is 0. The van der Waals surface area contributed by atoms with Gasteiger partial charge in [-0.1, -0.05) is 5.64 Å². The number of nitrogens with one attached hydrogen (secondary N) is 1. The lowest BCUT2D eigenvalue weighted by Crippen LogP contribution is -1.93. The fraction of sp³-hybridized carbons (Fsp3) is 0. The van der Waals surface area contributed by atoms with Crippen molar-refractivity contribution in [2.45, 2.75) is 0 Å². The molecule has 0 aromatic rings. The molecule has 0 saturated carbocycles. The lowest BCUT2D eigenvalue weighted by Gasteiger charge is -1.61. The number of rotatable bonds is 0. The zero-order valence-electron chi connectivity index (χ0n) is 1.80. The Morgan fingerprint density at radius 3 is 1.25 bits per heavy atom. The van der Waals surface area contributed by atoms with Gasteiger partial charge in [0.25, 0.3) is 0 Å². The molecular formula is H4BrNO2. The van der Waals surface area contributed by atoms with Gasteiger partial charge in [0.15, 0.2) is 0 Å². The molecule has 0 fully saturated rings. The SMILES string of the molecule is Br.ONO. The third kappa shape index (κ3) is 33.7. The van der Waals surface area contributed by atoms with Crippen molar-refractivity contribution in [2.24, 2.45) is 0 Å². The molecule has 0 aromatic carbocycles. The smallest absolute Gasteiger partial charge is 0.0853 e. The second-order valence-corrected chi connectivity index (χ2v) is 0.100. The lowest BCUT2D eigenvalue weighted by atomic mass is 13.3. The van der Waals surface area contributed by atoms with Crippen LogP contribution in [-0.4, -0.2) is 10.4 Å². The Hall–Kier alpha value is 0.360. The molecule has 3 N–H and O–H groups in total. The summed E-state index contributed by atoms with van der Waals surface area (Å²) in [5, 5.41) is 13.8. The van der Waals surface area contributed by atoms with Crippen LogP contribution in [0.4, 0.5) is 0 Å². The summed E-state index contributed by atoms with van der Waals surface area (Å²) in [4.78, 5) is 0. The van der Waals surface area contributed by atoms with E-state index < -0.39 is 0 Å². The van der Waals surface area contributed by atoms with E-state index in [1.807, 2.05) is 0 Å². The zero-order valence-corrected chi connectivity index (χ0v) is 3.52. The molecular weight excluding hydrogens is 126 g/mol. The Balaban J connectivity index is 0. The van der Waals surface area contributed by atoms with E-state index >= 15 is 0 Å². The van der Waals surface area contributed by atoms with Gasteiger partial charge in [0.1, 0.15) is 0 Å². The van der Waals surface area contributed by atoms with Crippen LogP contribution < -0.4 is 5.64 Å². The molecule has 4 heteroatoms. The van der Waals surface area contributed by atoms with E-state index in [-0.39, 0.29) is 17.0 Å². The first kappa shape index (κ1) is 8.84. The van der Waals surface area contributed by atoms with Crippen LogP contribution in [0.3, 0.4) is 0 Å². The van der Waals surface area contributed by atoms with Gasteiger partial charge in [0.2, 0.25) is 0 Å². The van der Waals surface area contributed by atoms with E-state index in [0.29, 0.717) is 0 Å². The van der Waals surface area contributed by atoms with Crippen LogP contribution in [0.15, 0.2) is 0 Å². The molecule has 0 saturated heterocycles. The summed E-state index contributed by atoms with van der Waals surface area (Å²) in [6.45, 7) is 0. The largest absolute Gasteiger partial charge is 0.292 e. The minimum absolute atomic E-state index is 0. The maximum Gasteiger partial charge on any atom is -0.0853 e. The van der Waals surface area contributed by atoms with Crippen molar-refractivity contribution >= 4 is 17.0 Å². The van der Waals surface area contributed by atoms with Crippen LogP contribution in [0.5, 0.6) is 0 Å². The highest BCUT2D eigenvalue weighted by atomic mass is 79.9. The molecule has 4 heavy (non-hydrogen) atoms. The molecule has 28 valence electrons. The van der Waals surface area contributed by atoms with Gasteiger partial charge in [-0.25, -0.2) is 0 Å². The maximum atomic E-state index is 6.88. The molecule has 0 bridgehead atoms. The van der Waals surface area contributed by atoms with Crippen LogP contribution in [0, 0.1) is 0 Å². The van der Waals surface area contributed by atoms with Gasteiger partial charge in [-0.2, -0.15) is 0 Å². The Labute approximate surface area is 33.9 Å². The average molecular weight is 130 g/mol. The Kier molecular flexibility index (Phi) is 22.4. The molecule has 0 aliphatic rings. The molecule has 0 aliphatic heterocycles. The molecule has 0 rings (SSSR count). The minimum atomic E-state index is 0. The van der Waals surface area contributed by atoms with Gasteiger partial charge >= 0.3 is 0 Å². The summed E-state index contributed by atoms with van der Waals surface area (Å²) in [5.74, 6) is 0. The van der Waals surface area contributed by atoms with Crippen LogP contribution in [0.25, 0.3) is 0 Å². The summed E-state index contributed by atoms with van der Waals surface area (Å²) >= 11 is 0. The highest BCUT2D eigenvalue weighted by Crippen LogP contribution is 0.931. The van der Waals surface area contributed by atoms with Crippen LogP contribution in [0.1, 0.15) is 0 Å². The number of hydrogen-bond donors (Lipinski definition) is 3. The second kappa shape index (κ2) is 10.1.